The molecule has 1 unspecified atom stereocenters. The van der Waals surface area contributed by atoms with E-state index < -0.39 is 5.60 Å². The third-order valence-electron chi connectivity index (χ3n) is 4.42. The van der Waals surface area contributed by atoms with Crippen molar-refractivity contribution in [2.75, 3.05) is 13.1 Å². The van der Waals surface area contributed by atoms with E-state index in [0.29, 0.717) is 24.6 Å². The maximum absolute atomic E-state index is 12.7. The van der Waals surface area contributed by atoms with Crippen LogP contribution in [0, 0.1) is 0 Å². The number of aromatic nitrogens is 4. The van der Waals surface area contributed by atoms with E-state index in [2.05, 4.69) is 20.4 Å². The first-order valence-electron chi connectivity index (χ1n) is 7.22. The van der Waals surface area contributed by atoms with Crippen LogP contribution < -0.4 is 0 Å². The summed E-state index contributed by atoms with van der Waals surface area (Å²) in [6.07, 6.45) is 6.10. The number of β-amino-alcohol motifs (C(OH)–C–C–N with tert-alkyl or cyclic N) is 1. The Bertz CT molecular complexity index is 661. The SMILES string of the molecule is O=C(c1cc[nH]c1C1CC1)N1CCC(O)(c2cn[nH]n2)C1. The number of hydrogen-bond donors (Lipinski definition) is 3. The highest BCUT2D eigenvalue weighted by Crippen LogP contribution is 2.41. The summed E-state index contributed by atoms with van der Waals surface area (Å²) in [6, 6.07) is 1.84. The molecule has 1 atom stereocenters. The van der Waals surface area contributed by atoms with Crippen LogP contribution in [-0.2, 0) is 5.60 Å². The van der Waals surface area contributed by atoms with E-state index in [-0.39, 0.29) is 12.5 Å². The van der Waals surface area contributed by atoms with Crippen LogP contribution in [0.1, 0.15) is 46.9 Å². The molecule has 1 aliphatic heterocycles. The molecule has 1 aliphatic carbocycles. The van der Waals surface area contributed by atoms with E-state index in [0.717, 1.165) is 24.1 Å². The lowest BCUT2D eigenvalue weighted by Gasteiger charge is -2.21. The Morgan fingerprint density at radius 1 is 1.48 bits per heavy atom. The van der Waals surface area contributed by atoms with Gasteiger partial charge in [0.1, 0.15) is 11.3 Å². The van der Waals surface area contributed by atoms with Crippen molar-refractivity contribution in [3.05, 3.63) is 35.4 Å². The van der Waals surface area contributed by atoms with Crippen LogP contribution in [0.15, 0.2) is 18.5 Å². The highest BCUT2D eigenvalue weighted by atomic mass is 16.3. The van der Waals surface area contributed by atoms with E-state index in [1.54, 1.807) is 4.90 Å². The Hall–Kier alpha value is -2.15. The number of likely N-dealkylation sites (tertiary alicyclic amines) is 1. The van der Waals surface area contributed by atoms with Crippen molar-refractivity contribution in [1.29, 1.82) is 0 Å². The van der Waals surface area contributed by atoms with Crippen molar-refractivity contribution in [2.45, 2.75) is 30.8 Å². The molecule has 0 aromatic carbocycles. The van der Waals surface area contributed by atoms with Crippen molar-refractivity contribution in [2.24, 2.45) is 0 Å². The molecule has 0 radical (unpaired) electrons. The van der Waals surface area contributed by atoms with Gasteiger partial charge in [0.15, 0.2) is 0 Å². The predicted octanol–water partition coefficient (Wildman–Crippen LogP) is 0.744. The summed E-state index contributed by atoms with van der Waals surface area (Å²) in [7, 11) is 0. The van der Waals surface area contributed by atoms with Crippen LogP contribution in [-0.4, -0.2) is 49.4 Å². The number of nitrogens with one attached hydrogen (secondary N) is 2. The standard InChI is InChI=1S/C14H17N5O2/c20-13(10-3-5-15-12(10)9-1-2-9)19-6-4-14(21,8-19)11-7-16-18-17-11/h3,5,7,9,15,21H,1-2,4,6,8H2,(H,16,17,18). The molecular weight excluding hydrogens is 270 g/mol. The van der Waals surface area contributed by atoms with E-state index in [1.807, 2.05) is 12.3 Å². The van der Waals surface area contributed by atoms with Gasteiger partial charge in [-0.05, 0) is 24.8 Å². The molecule has 2 aliphatic rings. The molecule has 3 heterocycles. The van der Waals surface area contributed by atoms with Gasteiger partial charge in [-0.3, -0.25) is 4.79 Å². The highest BCUT2D eigenvalue weighted by Gasteiger charge is 2.42. The Morgan fingerprint density at radius 3 is 3.05 bits per heavy atom. The number of aromatic amines is 2. The summed E-state index contributed by atoms with van der Waals surface area (Å²) in [4.78, 5) is 17.6. The Balaban J connectivity index is 1.55. The minimum atomic E-state index is -1.10. The summed E-state index contributed by atoms with van der Waals surface area (Å²) in [5.41, 5.74) is 1.17. The third-order valence-corrected chi connectivity index (χ3v) is 4.42. The van der Waals surface area contributed by atoms with E-state index in [4.69, 9.17) is 0 Å². The molecule has 3 N–H and O–H groups in total. The van der Waals surface area contributed by atoms with Gasteiger partial charge >= 0.3 is 0 Å². The van der Waals surface area contributed by atoms with Gasteiger partial charge in [-0.15, -0.1) is 0 Å². The van der Waals surface area contributed by atoms with Crippen LogP contribution >= 0.6 is 0 Å². The Kier molecular flexibility index (Phi) is 2.65. The van der Waals surface area contributed by atoms with Gasteiger partial charge in [0.2, 0.25) is 0 Å². The fraction of sp³-hybridized carbons (Fsp3) is 0.500. The van der Waals surface area contributed by atoms with Gasteiger partial charge in [-0.25, -0.2) is 0 Å². The second-order valence-electron chi connectivity index (χ2n) is 5.94. The fourth-order valence-corrected chi connectivity index (χ4v) is 3.05. The summed E-state index contributed by atoms with van der Waals surface area (Å²) < 4.78 is 0. The molecule has 4 rings (SSSR count). The van der Waals surface area contributed by atoms with Crippen molar-refractivity contribution in [3.8, 4) is 0 Å². The number of carbonyl (C=O) groups excluding carboxylic acids is 1. The van der Waals surface area contributed by atoms with Crippen LogP contribution in [0.5, 0.6) is 0 Å². The first kappa shape index (κ1) is 12.6. The summed E-state index contributed by atoms with van der Waals surface area (Å²) in [5.74, 6) is 0.480. The van der Waals surface area contributed by atoms with Crippen LogP contribution in [0.3, 0.4) is 0 Å². The first-order chi connectivity index (χ1) is 10.2. The predicted molar refractivity (Wildman–Crippen MR) is 73.6 cm³/mol. The van der Waals surface area contributed by atoms with Gasteiger partial charge in [0.25, 0.3) is 5.91 Å². The number of aliphatic hydroxyl groups is 1. The number of hydrogen-bond acceptors (Lipinski definition) is 4. The number of nitrogens with zero attached hydrogens (tertiary/aromatic N) is 3. The second-order valence-corrected chi connectivity index (χ2v) is 5.94. The molecule has 2 aromatic heterocycles. The average molecular weight is 287 g/mol. The van der Waals surface area contributed by atoms with Crippen LogP contribution in [0.2, 0.25) is 0 Å². The van der Waals surface area contributed by atoms with E-state index in [1.165, 1.54) is 6.20 Å². The minimum Gasteiger partial charge on any atom is -0.381 e. The first-order valence-corrected chi connectivity index (χ1v) is 7.22. The van der Waals surface area contributed by atoms with Gasteiger partial charge in [0.05, 0.1) is 18.3 Å². The van der Waals surface area contributed by atoms with E-state index >= 15 is 0 Å². The molecule has 2 fully saturated rings. The summed E-state index contributed by atoms with van der Waals surface area (Å²) in [6.45, 7) is 0.783. The van der Waals surface area contributed by atoms with Gasteiger partial charge in [-0.2, -0.15) is 15.4 Å². The summed E-state index contributed by atoms with van der Waals surface area (Å²) >= 11 is 0. The fourth-order valence-electron chi connectivity index (χ4n) is 3.05. The Morgan fingerprint density at radius 2 is 2.33 bits per heavy atom. The molecule has 110 valence electrons. The quantitative estimate of drug-likeness (QED) is 0.775. The molecule has 1 amide bonds. The lowest BCUT2D eigenvalue weighted by atomic mass is 10.00. The van der Waals surface area contributed by atoms with Crippen molar-refractivity contribution < 1.29 is 9.90 Å². The molecule has 1 saturated heterocycles. The normalized spacial score (nSPS) is 25.5. The zero-order valence-corrected chi connectivity index (χ0v) is 11.5. The van der Waals surface area contributed by atoms with Crippen molar-refractivity contribution in [1.82, 2.24) is 25.3 Å². The number of rotatable bonds is 3. The van der Waals surface area contributed by atoms with Crippen LogP contribution in [0.25, 0.3) is 0 Å². The van der Waals surface area contributed by atoms with Gasteiger partial charge in [0, 0.05) is 24.9 Å². The van der Waals surface area contributed by atoms with Gasteiger partial charge < -0.3 is 15.0 Å². The van der Waals surface area contributed by atoms with Crippen molar-refractivity contribution >= 4 is 5.91 Å². The lowest BCUT2D eigenvalue weighted by Crippen LogP contribution is -2.34. The number of carbonyl (C=O) groups is 1. The van der Waals surface area contributed by atoms with Crippen molar-refractivity contribution in [3.63, 3.8) is 0 Å². The zero-order chi connectivity index (χ0) is 14.4. The van der Waals surface area contributed by atoms with Crippen LogP contribution in [0.4, 0.5) is 0 Å². The number of amides is 1. The molecule has 7 heteroatoms. The molecule has 0 bridgehead atoms. The second kappa shape index (κ2) is 4.42. The third kappa shape index (κ3) is 2.04. The Labute approximate surface area is 121 Å². The lowest BCUT2D eigenvalue weighted by molar-refractivity contribution is 0.0382. The average Bonchev–Trinajstić information content (AvgIpc) is 2.95. The molecule has 2 aromatic rings. The van der Waals surface area contributed by atoms with E-state index in [9.17, 15) is 9.90 Å². The zero-order valence-electron chi connectivity index (χ0n) is 11.5. The molecule has 7 nitrogen and oxygen atoms in total. The molecule has 21 heavy (non-hydrogen) atoms. The monoisotopic (exact) mass is 287 g/mol. The maximum Gasteiger partial charge on any atom is 0.255 e. The van der Waals surface area contributed by atoms with Gasteiger partial charge in [-0.1, -0.05) is 0 Å². The smallest absolute Gasteiger partial charge is 0.255 e. The molecule has 1 saturated carbocycles. The molecule has 0 spiro atoms. The largest absolute Gasteiger partial charge is 0.381 e. The minimum absolute atomic E-state index is 0.0161. The number of H-pyrrole nitrogens is 2. The molecular formula is C14H17N5O2. The maximum atomic E-state index is 12.7. The highest BCUT2D eigenvalue weighted by molar-refractivity contribution is 5.96. The summed E-state index contributed by atoms with van der Waals surface area (Å²) in [5, 5.41) is 20.8. The topological polar surface area (TPSA) is 97.9 Å².